The van der Waals surface area contributed by atoms with Crippen LogP contribution in [0.3, 0.4) is 0 Å². The normalized spacial score (nSPS) is 19.4. The third kappa shape index (κ3) is 11.3. The first kappa shape index (κ1) is 44.8. The first-order valence-electron chi connectivity index (χ1n) is 19.0. The summed E-state index contributed by atoms with van der Waals surface area (Å²) in [5.74, 6) is -1.51. The lowest BCUT2D eigenvalue weighted by Crippen LogP contribution is -2.59. The van der Waals surface area contributed by atoms with Crippen LogP contribution in [0.1, 0.15) is 86.6 Å². The Labute approximate surface area is 313 Å². The number of carbonyl (C=O) groups is 4. The number of hydrogen-bond donors (Lipinski definition) is 3. The van der Waals surface area contributed by atoms with Gasteiger partial charge in [0.05, 0.1) is 54.4 Å². The molecule has 1 heterocycles. The molecule has 0 saturated carbocycles. The van der Waals surface area contributed by atoms with E-state index in [9.17, 15) is 19.2 Å². The van der Waals surface area contributed by atoms with E-state index in [1.54, 1.807) is 44.9 Å². The number of ether oxygens (including phenoxy) is 2. The molecule has 1 fully saturated rings. The predicted molar refractivity (Wildman–Crippen MR) is 206 cm³/mol. The number of likely N-dealkylation sites (tertiary alicyclic amines) is 1. The van der Waals surface area contributed by atoms with E-state index >= 15 is 0 Å². The van der Waals surface area contributed by atoms with Gasteiger partial charge in [0.1, 0.15) is 6.04 Å². The van der Waals surface area contributed by atoms with E-state index in [-0.39, 0.29) is 53.8 Å². The lowest BCUT2D eigenvalue weighted by atomic mass is 9.89. The molecule has 1 saturated heterocycles. The largest absolute Gasteiger partial charge is 0.379 e. The first-order chi connectivity index (χ1) is 24.4. The summed E-state index contributed by atoms with van der Waals surface area (Å²) >= 11 is 0. The summed E-state index contributed by atoms with van der Waals surface area (Å²) in [6, 6.07) is 6.87. The summed E-state index contributed by atoms with van der Waals surface area (Å²) in [4.78, 5) is 60.6. The summed E-state index contributed by atoms with van der Waals surface area (Å²) in [5.41, 5.74) is 1.05. The molecule has 0 radical (unpaired) electrons. The van der Waals surface area contributed by atoms with Crippen LogP contribution >= 0.6 is 0 Å². The predicted octanol–water partition coefficient (Wildman–Crippen LogP) is 4.21. The Bertz CT molecular complexity index is 1310. The molecule has 0 bridgehead atoms. The van der Waals surface area contributed by atoms with Gasteiger partial charge in [-0.2, -0.15) is 0 Å². The summed E-state index contributed by atoms with van der Waals surface area (Å²) < 4.78 is 11.9. The third-order valence-electron chi connectivity index (χ3n) is 10.8. The van der Waals surface area contributed by atoms with Crippen molar-refractivity contribution in [1.82, 2.24) is 25.3 Å². The highest BCUT2D eigenvalue weighted by molar-refractivity contribution is 6.03. The Hall–Kier alpha value is -3.35. The summed E-state index contributed by atoms with van der Waals surface area (Å²) in [6.45, 7) is 16.0. The zero-order chi connectivity index (χ0) is 39.4. The van der Waals surface area contributed by atoms with Gasteiger partial charge in [-0.1, -0.05) is 85.2 Å². The molecule has 0 aliphatic carbocycles. The van der Waals surface area contributed by atoms with Crippen molar-refractivity contribution in [2.45, 2.75) is 123 Å². The second-order valence-corrected chi connectivity index (χ2v) is 15.5. The number of carbonyl (C=O) groups excluding carboxylic acids is 4. The Morgan fingerprint density at radius 1 is 0.904 bits per heavy atom. The number of methoxy groups -OCH3 is 2. The Balaban J connectivity index is 2.26. The second kappa shape index (κ2) is 20.8. The Morgan fingerprint density at radius 3 is 2.02 bits per heavy atom. The van der Waals surface area contributed by atoms with Gasteiger partial charge in [0.15, 0.2) is 0 Å². The Morgan fingerprint density at radius 2 is 1.52 bits per heavy atom. The van der Waals surface area contributed by atoms with Crippen molar-refractivity contribution in [2.24, 2.45) is 23.7 Å². The van der Waals surface area contributed by atoms with E-state index in [0.29, 0.717) is 18.7 Å². The van der Waals surface area contributed by atoms with Gasteiger partial charge in [-0.05, 0) is 57.2 Å². The van der Waals surface area contributed by atoms with Gasteiger partial charge < -0.3 is 35.3 Å². The highest BCUT2D eigenvalue weighted by Crippen LogP contribution is 2.30. The van der Waals surface area contributed by atoms with Gasteiger partial charge in [0, 0.05) is 27.8 Å². The minimum Gasteiger partial charge on any atom is -0.379 e. The maximum Gasteiger partial charge on any atom is 0.245 e. The molecule has 4 amide bonds. The highest BCUT2D eigenvalue weighted by atomic mass is 16.5. The van der Waals surface area contributed by atoms with E-state index in [2.05, 4.69) is 10.6 Å². The number of hydrogen-bond acceptors (Lipinski definition) is 8. The molecule has 52 heavy (non-hydrogen) atoms. The minimum absolute atomic E-state index is 0.0122. The van der Waals surface area contributed by atoms with Crippen molar-refractivity contribution in [3.8, 4) is 0 Å². The molecule has 294 valence electrons. The van der Waals surface area contributed by atoms with Crippen LogP contribution in [0.4, 0.5) is 0 Å². The van der Waals surface area contributed by atoms with Crippen LogP contribution in [0.15, 0.2) is 30.3 Å². The molecule has 9 atom stereocenters. The van der Waals surface area contributed by atoms with Crippen molar-refractivity contribution in [3.63, 3.8) is 0 Å². The molecule has 1 unspecified atom stereocenters. The van der Waals surface area contributed by atoms with Crippen LogP contribution in [0.2, 0.25) is 0 Å². The molecule has 2 rings (SSSR count). The fourth-order valence-electron chi connectivity index (χ4n) is 7.70. The zero-order valence-corrected chi connectivity index (χ0v) is 34.1. The van der Waals surface area contributed by atoms with E-state index in [1.807, 2.05) is 90.9 Å². The number of nitrogens with zero attached hydrogens (tertiary/aromatic N) is 3. The average molecular weight is 729 g/mol. The smallest absolute Gasteiger partial charge is 0.245 e. The molecule has 12 nitrogen and oxygen atoms in total. The maximum atomic E-state index is 14.2. The van der Waals surface area contributed by atoms with E-state index in [0.717, 1.165) is 18.4 Å². The van der Waals surface area contributed by atoms with Crippen LogP contribution in [-0.4, -0.2) is 128 Å². The van der Waals surface area contributed by atoms with Gasteiger partial charge in [-0.3, -0.25) is 24.1 Å². The topological polar surface area (TPSA) is 144 Å². The molecule has 12 heteroatoms. The lowest BCUT2D eigenvalue weighted by molar-refractivity contribution is -0.148. The average Bonchev–Trinajstić information content (AvgIpc) is 3.59. The van der Waals surface area contributed by atoms with Crippen molar-refractivity contribution >= 4 is 29.3 Å². The SMILES string of the molecule is CC[C@H](C)[C@@H]([C@@H](CC(=O)N1CCC[C@H]1[C@H](OC)[C@@H](C)C(=O)N[C@H](C)C(=N)c1ccccc1)OC)N(C)C(=O)[C@@H](NC(=O)C(C(C)C)N(C)C)C(C)C. The van der Waals surface area contributed by atoms with Gasteiger partial charge in [-0.25, -0.2) is 0 Å². The summed E-state index contributed by atoms with van der Waals surface area (Å²) in [6.07, 6.45) is 1.06. The molecular weight excluding hydrogens is 660 g/mol. The molecule has 3 N–H and O–H groups in total. The van der Waals surface area contributed by atoms with Gasteiger partial charge >= 0.3 is 0 Å². The summed E-state index contributed by atoms with van der Waals surface area (Å²) in [5, 5.41) is 14.6. The number of benzene rings is 1. The maximum absolute atomic E-state index is 14.2. The van der Waals surface area contributed by atoms with Crippen molar-refractivity contribution in [1.29, 1.82) is 5.41 Å². The molecule has 1 aromatic carbocycles. The van der Waals surface area contributed by atoms with Crippen molar-refractivity contribution in [2.75, 3.05) is 41.9 Å². The lowest BCUT2D eigenvalue weighted by Gasteiger charge is -2.41. The zero-order valence-electron chi connectivity index (χ0n) is 34.1. The molecule has 1 aliphatic heterocycles. The monoisotopic (exact) mass is 729 g/mol. The van der Waals surface area contributed by atoms with Gasteiger partial charge in [0.2, 0.25) is 23.6 Å². The standard InChI is InChI=1S/C40H68N6O6/c1-14-26(6)36(45(11)40(50)34(24(2)3)43-39(49)35(25(4)5)44(9)10)31(51-12)23-32(47)46-22-18-21-30(46)37(52-13)27(7)38(48)42-28(8)33(41)29-19-16-15-17-20-29/h15-17,19-20,24-28,30-31,34-37,41H,14,18,21-23H2,1-13H3,(H,42,48)(H,43,49)/t26-,27+,28+,30-,31+,34-,35?,36-,37+/m0/s1. The minimum atomic E-state index is -0.754. The van der Waals surface area contributed by atoms with Crippen LogP contribution in [0.5, 0.6) is 0 Å². The second-order valence-electron chi connectivity index (χ2n) is 15.5. The van der Waals surface area contributed by atoms with Gasteiger partial charge in [0.25, 0.3) is 0 Å². The highest BCUT2D eigenvalue weighted by Gasteiger charge is 2.43. The molecule has 1 aromatic rings. The van der Waals surface area contributed by atoms with Crippen LogP contribution < -0.4 is 10.6 Å². The van der Waals surface area contributed by atoms with Crippen LogP contribution in [0, 0.1) is 29.1 Å². The van der Waals surface area contributed by atoms with Crippen LogP contribution in [-0.2, 0) is 28.7 Å². The Kier molecular flexibility index (Phi) is 17.9. The fourth-order valence-corrected chi connectivity index (χ4v) is 7.70. The first-order valence-corrected chi connectivity index (χ1v) is 19.0. The van der Waals surface area contributed by atoms with Crippen LogP contribution in [0.25, 0.3) is 0 Å². The molecule has 0 spiro atoms. The van der Waals surface area contributed by atoms with Gasteiger partial charge in [-0.15, -0.1) is 0 Å². The molecular formula is C40H68N6O6. The van der Waals surface area contributed by atoms with E-state index in [1.165, 1.54) is 0 Å². The number of likely N-dealkylation sites (N-methyl/N-ethyl adjacent to an activating group) is 2. The van der Waals surface area contributed by atoms with Crippen molar-refractivity contribution < 1.29 is 28.7 Å². The number of nitrogens with one attached hydrogen (secondary N) is 3. The fraction of sp³-hybridized carbons (Fsp3) is 0.725. The summed E-state index contributed by atoms with van der Waals surface area (Å²) in [7, 11) is 8.59. The van der Waals surface area contributed by atoms with Crippen molar-refractivity contribution in [3.05, 3.63) is 35.9 Å². The van der Waals surface area contributed by atoms with E-state index in [4.69, 9.17) is 14.9 Å². The molecule has 1 aliphatic rings. The quantitative estimate of drug-likeness (QED) is 0.171. The third-order valence-corrected chi connectivity index (χ3v) is 10.8. The van der Waals surface area contributed by atoms with E-state index < -0.39 is 42.3 Å². The molecule has 0 aromatic heterocycles. The number of rotatable bonds is 20. The number of amides is 4.